The van der Waals surface area contributed by atoms with E-state index in [9.17, 15) is 27.0 Å². The maximum absolute atomic E-state index is 13.1. The summed E-state index contributed by atoms with van der Waals surface area (Å²) in [5, 5.41) is 19.2. The molecule has 6 rings (SSSR count). The van der Waals surface area contributed by atoms with Gasteiger partial charge in [-0.1, -0.05) is 42.5 Å². The Kier molecular flexibility index (Phi) is 7.68. The fourth-order valence-electron chi connectivity index (χ4n) is 4.60. The van der Waals surface area contributed by atoms with E-state index in [2.05, 4.69) is 15.0 Å². The lowest BCUT2D eigenvalue weighted by molar-refractivity contribution is 0.225. The van der Waals surface area contributed by atoms with Crippen LogP contribution in [0.5, 0.6) is 5.75 Å². The van der Waals surface area contributed by atoms with Gasteiger partial charge in [-0.2, -0.15) is 0 Å². The summed E-state index contributed by atoms with van der Waals surface area (Å²) in [5.74, 6) is 0.961. The summed E-state index contributed by atoms with van der Waals surface area (Å²) in [6.07, 6.45) is 3.88. The SMILES string of the molecule is O=S(=O)(C1=CCC(O)C=C1)c1ccc(-c2nc(-c3ccccc3)nc(-c3ccc(S(=O)(=O)c4ccc(O)cc4)cc3)n2)cc1. The van der Waals surface area contributed by atoms with E-state index in [1.807, 2.05) is 30.3 Å². The van der Waals surface area contributed by atoms with Gasteiger partial charge < -0.3 is 10.2 Å². The zero-order valence-corrected chi connectivity index (χ0v) is 24.7. The highest BCUT2D eigenvalue weighted by Crippen LogP contribution is 2.29. The smallest absolute Gasteiger partial charge is 0.206 e. The van der Waals surface area contributed by atoms with Gasteiger partial charge in [0.05, 0.1) is 25.7 Å². The molecule has 0 saturated carbocycles. The average molecular weight is 624 g/mol. The van der Waals surface area contributed by atoms with Crippen LogP contribution in [0.25, 0.3) is 34.2 Å². The third-order valence-corrected chi connectivity index (χ3v) is 10.6. The van der Waals surface area contributed by atoms with Crippen LogP contribution in [0.4, 0.5) is 0 Å². The van der Waals surface area contributed by atoms with Gasteiger partial charge in [0.15, 0.2) is 17.5 Å². The minimum atomic E-state index is -3.82. The third kappa shape index (κ3) is 5.80. The van der Waals surface area contributed by atoms with Crippen LogP contribution in [0.15, 0.2) is 141 Å². The van der Waals surface area contributed by atoms with Gasteiger partial charge in [-0.3, -0.25) is 0 Å². The molecule has 0 bridgehead atoms. The molecule has 11 heteroatoms. The first-order valence-corrected chi connectivity index (χ1v) is 16.5. The highest BCUT2D eigenvalue weighted by Gasteiger charge is 2.22. The van der Waals surface area contributed by atoms with Crippen molar-refractivity contribution < 1.29 is 27.0 Å². The lowest BCUT2D eigenvalue weighted by atomic mass is 10.1. The minimum Gasteiger partial charge on any atom is -0.508 e. The molecule has 0 aliphatic heterocycles. The predicted molar refractivity (Wildman–Crippen MR) is 165 cm³/mol. The van der Waals surface area contributed by atoms with E-state index in [4.69, 9.17) is 0 Å². The number of aromatic hydroxyl groups is 1. The van der Waals surface area contributed by atoms with E-state index in [-0.39, 0.29) is 31.8 Å². The van der Waals surface area contributed by atoms with Crippen LogP contribution >= 0.6 is 0 Å². The molecule has 2 N–H and O–H groups in total. The molecule has 0 amide bonds. The second-order valence-electron chi connectivity index (χ2n) is 9.99. The number of phenols is 1. The highest BCUT2D eigenvalue weighted by atomic mass is 32.2. The van der Waals surface area contributed by atoms with Gasteiger partial charge in [0, 0.05) is 16.7 Å². The molecule has 1 aliphatic rings. The molecule has 1 atom stereocenters. The van der Waals surface area contributed by atoms with Crippen LogP contribution in [-0.2, 0) is 19.7 Å². The maximum Gasteiger partial charge on any atom is 0.206 e. The van der Waals surface area contributed by atoms with Crippen LogP contribution in [-0.4, -0.2) is 48.1 Å². The number of hydrogen-bond donors (Lipinski definition) is 2. The summed E-state index contributed by atoms with van der Waals surface area (Å²) >= 11 is 0. The van der Waals surface area contributed by atoms with Gasteiger partial charge in [0.25, 0.3) is 0 Å². The summed E-state index contributed by atoms with van der Waals surface area (Å²) in [4.78, 5) is 14.3. The highest BCUT2D eigenvalue weighted by molar-refractivity contribution is 7.95. The fraction of sp³-hybridized carbons (Fsp3) is 0.0606. The average Bonchev–Trinajstić information content (AvgIpc) is 3.05. The molecular formula is C33H25N3O6S2. The van der Waals surface area contributed by atoms with Gasteiger partial charge in [0.2, 0.25) is 19.7 Å². The quantitative estimate of drug-likeness (QED) is 0.244. The van der Waals surface area contributed by atoms with Crippen LogP contribution in [0.3, 0.4) is 0 Å². The Labute approximate surface area is 254 Å². The van der Waals surface area contributed by atoms with E-state index >= 15 is 0 Å². The molecule has 44 heavy (non-hydrogen) atoms. The topological polar surface area (TPSA) is 147 Å². The van der Waals surface area contributed by atoms with Crippen molar-refractivity contribution in [1.29, 1.82) is 0 Å². The molecule has 0 radical (unpaired) electrons. The number of hydrogen-bond acceptors (Lipinski definition) is 9. The summed E-state index contributed by atoms with van der Waals surface area (Å²) < 4.78 is 52.5. The van der Waals surface area contributed by atoms with Gasteiger partial charge in [-0.25, -0.2) is 31.8 Å². The van der Waals surface area contributed by atoms with E-state index in [0.717, 1.165) is 5.56 Å². The molecule has 1 aliphatic carbocycles. The van der Waals surface area contributed by atoms with E-state index < -0.39 is 25.8 Å². The monoisotopic (exact) mass is 623 g/mol. The van der Waals surface area contributed by atoms with Gasteiger partial charge in [-0.05, 0) is 85.3 Å². The van der Waals surface area contributed by atoms with Crippen LogP contribution in [0, 0.1) is 0 Å². The van der Waals surface area contributed by atoms with E-state index in [0.29, 0.717) is 28.6 Å². The van der Waals surface area contributed by atoms with Crippen LogP contribution in [0.2, 0.25) is 0 Å². The Bertz CT molecular complexity index is 2110. The lowest BCUT2D eigenvalue weighted by Gasteiger charge is -2.12. The largest absolute Gasteiger partial charge is 0.508 e. The summed E-state index contributed by atoms with van der Waals surface area (Å²) in [6, 6.07) is 27.0. The second-order valence-corrected chi connectivity index (χ2v) is 13.9. The molecular weight excluding hydrogens is 599 g/mol. The van der Waals surface area contributed by atoms with E-state index in [1.165, 1.54) is 66.8 Å². The fourth-order valence-corrected chi connectivity index (χ4v) is 7.20. The standard InChI is InChI=1S/C33H25N3O6S2/c37-25-10-18-29(19-11-25)43(39,40)27-14-6-23(7-15-27)32-34-31(22-4-2-1-3-5-22)35-33(36-32)24-8-16-28(17-9-24)44(41,42)30-20-12-26(38)13-21-30/h1-12,14-21,26,37-38H,13H2. The molecule has 1 heterocycles. The van der Waals surface area contributed by atoms with Crippen molar-refractivity contribution in [3.05, 3.63) is 126 Å². The molecule has 4 aromatic carbocycles. The zero-order valence-electron chi connectivity index (χ0n) is 23.0. The van der Waals surface area contributed by atoms with Crippen molar-refractivity contribution in [3.63, 3.8) is 0 Å². The van der Waals surface area contributed by atoms with Crippen molar-refractivity contribution in [2.45, 2.75) is 27.2 Å². The molecule has 5 aromatic rings. The number of aliphatic hydroxyl groups is 1. The molecule has 1 unspecified atom stereocenters. The lowest BCUT2D eigenvalue weighted by Crippen LogP contribution is -2.10. The minimum absolute atomic E-state index is 0.0325. The van der Waals surface area contributed by atoms with Crippen molar-refractivity contribution >= 4 is 19.7 Å². The predicted octanol–water partition coefficient (Wildman–Crippen LogP) is 5.39. The Morgan fingerprint density at radius 2 is 1.00 bits per heavy atom. The Morgan fingerprint density at radius 3 is 1.45 bits per heavy atom. The third-order valence-electron chi connectivity index (χ3n) is 7.01. The van der Waals surface area contributed by atoms with Crippen LogP contribution < -0.4 is 0 Å². The normalized spacial score (nSPS) is 15.1. The number of rotatable bonds is 7. The Hall–Kier alpha value is -4.97. The number of aromatic nitrogens is 3. The molecule has 9 nitrogen and oxygen atoms in total. The molecule has 0 fully saturated rings. The van der Waals surface area contributed by atoms with Crippen molar-refractivity contribution in [2.24, 2.45) is 0 Å². The molecule has 0 saturated heterocycles. The number of benzene rings is 4. The number of nitrogens with zero attached hydrogens (tertiary/aromatic N) is 3. The summed E-state index contributed by atoms with van der Waals surface area (Å²) in [5.41, 5.74) is 1.84. The van der Waals surface area contributed by atoms with Crippen molar-refractivity contribution in [2.75, 3.05) is 0 Å². The number of phenolic OH excluding ortho intramolecular Hbond substituents is 1. The van der Waals surface area contributed by atoms with Crippen LogP contribution in [0.1, 0.15) is 6.42 Å². The zero-order chi connectivity index (χ0) is 30.9. The van der Waals surface area contributed by atoms with Gasteiger partial charge in [0.1, 0.15) is 5.75 Å². The summed E-state index contributed by atoms with van der Waals surface area (Å²) in [6.45, 7) is 0. The first kappa shape index (κ1) is 29.1. The second kappa shape index (κ2) is 11.6. The molecule has 220 valence electrons. The van der Waals surface area contributed by atoms with Crippen molar-refractivity contribution in [1.82, 2.24) is 15.0 Å². The molecule has 1 aromatic heterocycles. The summed E-state index contributed by atoms with van der Waals surface area (Å²) in [7, 11) is -7.59. The Balaban J connectivity index is 1.37. The first-order chi connectivity index (χ1) is 21.1. The number of aliphatic hydroxyl groups excluding tert-OH is 1. The van der Waals surface area contributed by atoms with Gasteiger partial charge >= 0.3 is 0 Å². The first-order valence-electron chi connectivity index (χ1n) is 13.5. The molecule has 0 spiro atoms. The van der Waals surface area contributed by atoms with Crippen molar-refractivity contribution in [3.8, 4) is 39.9 Å². The maximum atomic E-state index is 13.1. The van der Waals surface area contributed by atoms with Gasteiger partial charge in [-0.15, -0.1) is 0 Å². The number of allylic oxidation sites excluding steroid dienone is 1. The number of sulfone groups is 2. The van der Waals surface area contributed by atoms with E-state index in [1.54, 1.807) is 24.3 Å². The Morgan fingerprint density at radius 1 is 0.568 bits per heavy atom.